The lowest BCUT2D eigenvalue weighted by Gasteiger charge is -2.12. The Morgan fingerprint density at radius 1 is 1.00 bits per heavy atom. The maximum atomic E-state index is 11.3. The van der Waals surface area contributed by atoms with Gasteiger partial charge >= 0.3 is 19.9 Å². The molecule has 0 aliphatic heterocycles. The largest absolute Gasteiger partial charge is 0.515 e. The zero-order valence-corrected chi connectivity index (χ0v) is 9.61. The van der Waals surface area contributed by atoms with Gasteiger partial charge in [0, 0.05) is 0 Å². The second-order valence-corrected chi connectivity index (χ2v) is 4.23. The highest BCUT2D eigenvalue weighted by molar-refractivity contribution is 7.54. The monoisotopic (exact) mass is 240 g/mol. The van der Waals surface area contributed by atoms with Crippen molar-refractivity contribution in [3.63, 3.8) is 0 Å². The van der Waals surface area contributed by atoms with Crippen molar-refractivity contribution < 1.29 is 32.7 Å². The zero-order chi connectivity index (χ0) is 11.9. The van der Waals surface area contributed by atoms with Crippen LogP contribution in [0.5, 0.6) is 0 Å². The van der Waals surface area contributed by atoms with Gasteiger partial charge < -0.3 is 18.5 Å². The lowest BCUT2D eigenvalue weighted by Crippen LogP contribution is -2.10. The first-order valence-corrected chi connectivity index (χ1v) is 6.20. The van der Waals surface area contributed by atoms with Crippen LogP contribution < -0.4 is 0 Å². The predicted octanol–water partition coefficient (Wildman–Crippen LogP) is 2.16. The van der Waals surface area contributed by atoms with Crippen LogP contribution in [0.4, 0.5) is 9.59 Å². The first-order valence-electron chi connectivity index (χ1n) is 4.21. The molecule has 0 saturated heterocycles. The van der Waals surface area contributed by atoms with Crippen molar-refractivity contribution in [2.75, 3.05) is 19.9 Å². The predicted molar refractivity (Wildman–Crippen MR) is 49.7 cm³/mol. The van der Waals surface area contributed by atoms with Crippen LogP contribution in [-0.4, -0.2) is 32.2 Å². The van der Waals surface area contributed by atoms with E-state index in [-0.39, 0.29) is 13.2 Å². The molecule has 0 N–H and O–H groups in total. The molecule has 88 valence electrons. The minimum absolute atomic E-state index is 0.0677. The van der Waals surface area contributed by atoms with E-state index in [4.69, 9.17) is 0 Å². The quantitative estimate of drug-likeness (QED) is 0.549. The summed E-state index contributed by atoms with van der Waals surface area (Å²) in [4.78, 5) is 21.5. The Labute approximate surface area is 87.2 Å². The van der Waals surface area contributed by atoms with E-state index in [0.29, 0.717) is 0 Å². The van der Waals surface area contributed by atoms with Gasteiger partial charge in [0.25, 0.3) is 0 Å². The molecule has 0 aromatic rings. The number of ether oxygens (including phenoxy) is 2. The van der Waals surface area contributed by atoms with Gasteiger partial charge in [-0.05, 0) is 13.8 Å². The van der Waals surface area contributed by atoms with Gasteiger partial charge in [-0.3, -0.25) is 0 Å². The standard InChI is InChI=1S/C7H13O7P/c1-4-11-6(8)13-15(3,10)14-7(9)12-5-2/h4-5H2,1-3H3. The maximum Gasteiger partial charge on any atom is 0.515 e. The molecule has 7 nitrogen and oxygen atoms in total. The first-order chi connectivity index (χ1) is 6.91. The van der Waals surface area contributed by atoms with Crippen molar-refractivity contribution >= 4 is 19.9 Å². The van der Waals surface area contributed by atoms with Crippen LogP contribution in [0.3, 0.4) is 0 Å². The average molecular weight is 240 g/mol. The van der Waals surface area contributed by atoms with Gasteiger partial charge in [0.1, 0.15) is 0 Å². The summed E-state index contributed by atoms with van der Waals surface area (Å²) in [7, 11) is -3.81. The molecule has 0 aromatic carbocycles. The fourth-order valence-corrected chi connectivity index (χ4v) is 1.26. The lowest BCUT2D eigenvalue weighted by molar-refractivity contribution is 0.0827. The molecule has 8 heteroatoms. The molecule has 0 atom stereocenters. The van der Waals surface area contributed by atoms with E-state index in [1.165, 1.54) is 0 Å². The molecule has 0 unspecified atom stereocenters. The zero-order valence-electron chi connectivity index (χ0n) is 8.72. The Morgan fingerprint density at radius 2 is 1.33 bits per heavy atom. The van der Waals surface area contributed by atoms with Crippen LogP contribution in [0.1, 0.15) is 13.8 Å². The molecular weight excluding hydrogens is 227 g/mol. The second kappa shape index (κ2) is 6.29. The third kappa shape index (κ3) is 6.79. The summed E-state index contributed by atoms with van der Waals surface area (Å²) in [6.45, 7) is 4.19. The molecule has 15 heavy (non-hydrogen) atoms. The van der Waals surface area contributed by atoms with Crippen LogP contribution in [0.25, 0.3) is 0 Å². The molecule has 0 aromatic heterocycles. The molecular formula is C7H13O7P. The number of hydrogen-bond acceptors (Lipinski definition) is 7. The van der Waals surface area contributed by atoms with Crippen molar-refractivity contribution in [1.29, 1.82) is 0 Å². The van der Waals surface area contributed by atoms with Crippen LogP contribution >= 0.6 is 7.60 Å². The highest BCUT2D eigenvalue weighted by atomic mass is 31.2. The Bertz CT molecular complexity index is 251. The van der Waals surface area contributed by atoms with Crippen LogP contribution in [0.2, 0.25) is 0 Å². The smallest absolute Gasteiger partial charge is 0.434 e. The summed E-state index contributed by atoms with van der Waals surface area (Å²) in [6, 6.07) is 0. The molecule has 0 bridgehead atoms. The van der Waals surface area contributed by atoms with Gasteiger partial charge in [0.15, 0.2) is 0 Å². The Morgan fingerprint density at radius 3 is 1.60 bits per heavy atom. The minimum Gasteiger partial charge on any atom is -0.434 e. The Balaban J connectivity index is 4.12. The fraction of sp³-hybridized carbons (Fsp3) is 0.714. The summed E-state index contributed by atoms with van der Waals surface area (Å²) in [6.07, 6.45) is -2.32. The Kier molecular flexibility index (Phi) is 5.77. The summed E-state index contributed by atoms with van der Waals surface area (Å²) in [5.74, 6) is 0. The van der Waals surface area contributed by atoms with Crippen LogP contribution in [0.15, 0.2) is 0 Å². The summed E-state index contributed by atoms with van der Waals surface area (Å²) in [5.41, 5.74) is 0. The second-order valence-electron chi connectivity index (χ2n) is 2.32. The maximum absolute atomic E-state index is 11.3. The first kappa shape index (κ1) is 13.8. The topological polar surface area (TPSA) is 88.1 Å². The van der Waals surface area contributed by atoms with E-state index < -0.39 is 19.9 Å². The third-order valence-corrected chi connectivity index (χ3v) is 1.97. The summed E-state index contributed by atoms with van der Waals surface area (Å²) >= 11 is 0. The van der Waals surface area contributed by atoms with E-state index in [1.807, 2.05) is 0 Å². The van der Waals surface area contributed by atoms with Crippen LogP contribution in [-0.2, 0) is 23.1 Å². The molecule has 0 fully saturated rings. The highest BCUT2D eigenvalue weighted by Gasteiger charge is 2.28. The summed E-state index contributed by atoms with van der Waals surface area (Å²) < 4.78 is 28.6. The number of hydrogen-bond donors (Lipinski definition) is 0. The molecule has 0 saturated carbocycles. The summed E-state index contributed by atoms with van der Waals surface area (Å²) in [5, 5.41) is 0. The highest BCUT2D eigenvalue weighted by Crippen LogP contribution is 2.44. The molecule has 0 aliphatic carbocycles. The Hall–Kier alpha value is -1.23. The fourth-order valence-electron chi connectivity index (χ4n) is 0.578. The molecule has 0 amide bonds. The lowest BCUT2D eigenvalue weighted by atomic mass is 10.9. The molecule has 0 radical (unpaired) electrons. The SMILES string of the molecule is CCOC(=O)OP(C)(=O)OC(=O)OCC. The van der Waals surface area contributed by atoms with E-state index >= 15 is 0 Å². The molecule has 0 rings (SSSR count). The van der Waals surface area contributed by atoms with Crippen molar-refractivity contribution in [3.05, 3.63) is 0 Å². The average Bonchev–Trinajstić information content (AvgIpc) is 2.01. The van der Waals surface area contributed by atoms with E-state index in [9.17, 15) is 14.2 Å². The minimum atomic E-state index is -3.81. The normalized spacial score (nSPS) is 10.3. The molecule has 0 aliphatic rings. The van der Waals surface area contributed by atoms with Gasteiger partial charge in [-0.25, -0.2) is 14.2 Å². The van der Waals surface area contributed by atoms with E-state index in [0.717, 1.165) is 6.66 Å². The third-order valence-electron chi connectivity index (χ3n) is 1.01. The van der Waals surface area contributed by atoms with Gasteiger partial charge in [-0.2, -0.15) is 0 Å². The van der Waals surface area contributed by atoms with Gasteiger partial charge in [-0.15, -0.1) is 0 Å². The molecule has 0 heterocycles. The van der Waals surface area contributed by atoms with Gasteiger partial charge in [-0.1, -0.05) is 0 Å². The van der Waals surface area contributed by atoms with Crippen molar-refractivity contribution in [1.82, 2.24) is 0 Å². The van der Waals surface area contributed by atoms with Crippen molar-refractivity contribution in [2.24, 2.45) is 0 Å². The van der Waals surface area contributed by atoms with Gasteiger partial charge in [0.05, 0.1) is 19.9 Å². The number of rotatable bonds is 4. The van der Waals surface area contributed by atoms with Crippen LogP contribution in [0, 0.1) is 0 Å². The number of carbonyl (C=O) groups is 2. The van der Waals surface area contributed by atoms with Crippen molar-refractivity contribution in [3.8, 4) is 0 Å². The van der Waals surface area contributed by atoms with E-state index in [2.05, 4.69) is 18.5 Å². The van der Waals surface area contributed by atoms with Gasteiger partial charge in [0.2, 0.25) is 0 Å². The van der Waals surface area contributed by atoms with Crippen molar-refractivity contribution in [2.45, 2.75) is 13.8 Å². The van der Waals surface area contributed by atoms with E-state index in [1.54, 1.807) is 13.8 Å². The number of carbonyl (C=O) groups excluding carboxylic acids is 2. The molecule has 0 spiro atoms.